The number of aryl methyl sites for hydroxylation is 3. The fraction of sp³-hybridized carbons (Fsp3) is 0.346. The van der Waals surface area contributed by atoms with Crippen LogP contribution < -0.4 is 5.32 Å². The zero-order chi connectivity index (χ0) is 26.5. The van der Waals surface area contributed by atoms with Gasteiger partial charge < -0.3 is 10.0 Å². The van der Waals surface area contributed by atoms with Crippen molar-refractivity contribution in [1.82, 2.24) is 15.1 Å². The summed E-state index contributed by atoms with van der Waals surface area (Å²) >= 11 is 0. The van der Waals surface area contributed by atoms with Gasteiger partial charge in [-0.05, 0) is 37.5 Å². The molecule has 36 heavy (non-hydrogen) atoms. The lowest BCUT2D eigenvalue weighted by Gasteiger charge is -2.17. The Balaban J connectivity index is 1.49. The Bertz CT molecular complexity index is 1280. The van der Waals surface area contributed by atoms with Crippen LogP contribution in [0.3, 0.4) is 0 Å². The van der Waals surface area contributed by atoms with Crippen LogP contribution in [0.4, 0.5) is 4.79 Å². The van der Waals surface area contributed by atoms with E-state index in [0.29, 0.717) is 35.9 Å². The third-order valence-electron chi connectivity index (χ3n) is 5.81. The summed E-state index contributed by atoms with van der Waals surface area (Å²) in [5, 5.41) is 12.1. The normalized spacial score (nSPS) is 13.8. The standard InChI is InChI=1S/C26H32N4O5S/c1-18-14-19(2)24(20(3)15-18)36(34,35)17-27-11-5-6-23(31)29(4)16-21-7-9-22(10-8-21)25-28-12-13-30(25)26(32)33/h5-10,14-15,27H,11-13,16-17H2,1-4H3,(H,32,33)/b6-5+. The number of likely N-dealkylation sites (N-methyl/N-ethyl adjacent to an activating group) is 1. The lowest BCUT2D eigenvalue weighted by molar-refractivity contribution is -0.125. The molecule has 0 aromatic heterocycles. The van der Waals surface area contributed by atoms with Gasteiger partial charge in [-0.25, -0.2) is 13.2 Å². The molecule has 0 unspecified atom stereocenters. The summed E-state index contributed by atoms with van der Waals surface area (Å²) in [5.41, 5.74) is 4.07. The number of carboxylic acid groups (broad SMARTS) is 1. The van der Waals surface area contributed by atoms with Crippen LogP contribution in [-0.4, -0.2) is 73.7 Å². The molecule has 0 fully saturated rings. The van der Waals surface area contributed by atoms with Crippen LogP contribution in [0.5, 0.6) is 0 Å². The Morgan fingerprint density at radius 2 is 1.78 bits per heavy atom. The van der Waals surface area contributed by atoms with E-state index in [-0.39, 0.29) is 18.3 Å². The molecule has 9 nitrogen and oxygen atoms in total. The highest BCUT2D eigenvalue weighted by atomic mass is 32.2. The molecule has 0 saturated carbocycles. The zero-order valence-electron chi connectivity index (χ0n) is 21.0. The maximum atomic E-state index is 12.8. The number of rotatable bonds is 9. The molecule has 10 heteroatoms. The van der Waals surface area contributed by atoms with Crippen molar-refractivity contribution in [2.24, 2.45) is 4.99 Å². The van der Waals surface area contributed by atoms with Crippen LogP contribution in [0.15, 0.2) is 58.4 Å². The average Bonchev–Trinajstić information content (AvgIpc) is 3.28. The summed E-state index contributed by atoms with van der Waals surface area (Å²) in [4.78, 5) is 31.1. The number of nitrogens with zero attached hydrogens (tertiary/aromatic N) is 3. The molecule has 2 amide bonds. The van der Waals surface area contributed by atoms with Gasteiger partial charge in [0.25, 0.3) is 0 Å². The van der Waals surface area contributed by atoms with Gasteiger partial charge in [0.05, 0.1) is 18.0 Å². The monoisotopic (exact) mass is 512 g/mol. The maximum Gasteiger partial charge on any atom is 0.413 e. The van der Waals surface area contributed by atoms with Crippen LogP contribution in [0.25, 0.3) is 0 Å². The van der Waals surface area contributed by atoms with Crippen molar-refractivity contribution < 1.29 is 23.1 Å². The number of hydrogen-bond donors (Lipinski definition) is 2. The number of amides is 2. The summed E-state index contributed by atoms with van der Waals surface area (Å²) in [7, 11) is -1.82. The average molecular weight is 513 g/mol. The van der Waals surface area contributed by atoms with E-state index in [1.54, 1.807) is 39.1 Å². The van der Waals surface area contributed by atoms with Crippen molar-refractivity contribution in [2.45, 2.75) is 32.2 Å². The van der Waals surface area contributed by atoms with Crippen molar-refractivity contribution in [3.05, 3.63) is 76.4 Å². The first kappa shape index (κ1) is 27.1. The minimum atomic E-state index is -3.50. The highest BCUT2D eigenvalue weighted by Crippen LogP contribution is 2.22. The Morgan fingerprint density at radius 1 is 1.14 bits per heavy atom. The molecule has 1 aliphatic rings. The van der Waals surface area contributed by atoms with Gasteiger partial charge in [0, 0.05) is 31.8 Å². The molecule has 0 spiro atoms. The van der Waals surface area contributed by atoms with E-state index in [0.717, 1.165) is 22.3 Å². The Hall–Kier alpha value is -3.50. The van der Waals surface area contributed by atoms with E-state index >= 15 is 0 Å². The molecule has 1 aliphatic heterocycles. The summed E-state index contributed by atoms with van der Waals surface area (Å²) in [6.07, 6.45) is 1.99. The minimum absolute atomic E-state index is 0.217. The quantitative estimate of drug-likeness (QED) is 0.394. The maximum absolute atomic E-state index is 12.8. The smallest absolute Gasteiger partial charge is 0.413 e. The van der Waals surface area contributed by atoms with E-state index in [2.05, 4.69) is 10.3 Å². The topological polar surface area (TPSA) is 119 Å². The SMILES string of the molecule is Cc1cc(C)c(S(=O)(=O)CNC/C=C/C(=O)N(C)Cc2ccc(C3=NCCN3C(=O)O)cc2)c(C)c1. The predicted octanol–water partition coefficient (Wildman–Crippen LogP) is 2.89. The number of nitrogens with one attached hydrogen (secondary N) is 1. The summed E-state index contributed by atoms with van der Waals surface area (Å²) < 4.78 is 25.5. The second-order valence-corrected chi connectivity index (χ2v) is 10.8. The van der Waals surface area contributed by atoms with E-state index in [1.807, 2.05) is 31.2 Å². The number of carbonyl (C=O) groups excluding carboxylic acids is 1. The molecule has 0 aliphatic carbocycles. The van der Waals surface area contributed by atoms with Crippen molar-refractivity contribution in [1.29, 1.82) is 0 Å². The van der Waals surface area contributed by atoms with Gasteiger partial charge >= 0.3 is 6.09 Å². The van der Waals surface area contributed by atoms with E-state index in [1.165, 1.54) is 15.9 Å². The minimum Gasteiger partial charge on any atom is -0.465 e. The molecule has 2 aromatic rings. The van der Waals surface area contributed by atoms with Gasteiger partial charge in [-0.2, -0.15) is 0 Å². The third kappa shape index (κ3) is 6.58. The largest absolute Gasteiger partial charge is 0.465 e. The van der Waals surface area contributed by atoms with Gasteiger partial charge in [0.15, 0.2) is 9.84 Å². The van der Waals surface area contributed by atoms with Gasteiger partial charge in [0.1, 0.15) is 11.7 Å². The van der Waals surface area contributed by atoms with Gasteiger partial charge in [0.2, 0.25) is 5.91 Å². The molecule has 1 heterocycles. The molecule has 0 atom stereocenters. The van der Waals surface area contributed by atoms with Gasteiger partial charge in [-0.3, -0.25) is 20.0 Å². The molecule has 2 N–H and O–H groups in total. The number of amidine groups is 1. The van der Waals surface area contributed by atoms with Gasteiger partial charge in [-0.15, -0.1) is 0 Å². The highest BCUT2D eigenvalue weighted by Gasteiger charge is 2.24. The number of sulfone groups is 1. The first-order chi connectivity index (χ1) is 17.0. The molecule has 0 saturated heterocycles. The zero-order valence-corrected chi connectivity index (χ0v) is 21.8. The van der Waals surface area contributed by atoms with Gasteiger partial charge in [-0.1, -0.05) is 48.0 Å². The van der Waals surface area contributed by atoms with Crippen molar-refractivity contribution in [2.75, 3.05) is 32.6 Å². The van der Waals surface area contributed by atoms with Crippen LogP contribution >= 0.6 is 0 Å². The van der Waals surface area contributed by atoms with E-state index in [4.69, 9.17) is 0 Å². The molecular weight excluding hydrogens is 480 g/mol. The first-order valence-electron chi connectivity index (χ1n) is 11.6. The number of benzene rings is 2. The molecule has 0 bridgehead atoms. The second-order valence-electron chi connectivity index (χ2n) is 8.87. The van der Waals surface area contributed by atoms with Crippen molar-refractivity contribution >= 4 is 27.7 Å². The van der Waals surface area contributed by atoms with Crippen LogP contribution in [0.2, 0.25) is 0 Å². The van der Waals surface area contributed by atoms with Crippen LogP contribution in [-0.2, 0) is 21.2 Å². The summed E-state index contributed by atoms with van der Waals surface area (Å²) in [5.74, 6) is -0.00178. The molecule has 0 radical (unpaired) electrons. The van der Waals surface area contributed by atoms with E-state index in [9.17, 15) is 23.1 Å². The number of hydrogen-bond acceptors (Lipinski definition) is 6. The fourth-order valence-corrected chi connectivity index (χ4v) is 5.91. The van der Waals surface area contributed by atoms with Crippen molar-refractivity contribution in [3.63, 3.8) is 0 Å². The fourth-order valence-electron chi connectivity index (χ4n) is 4.28. The van der Waals surface area contributed by atoms with Crippen molar-refractivity contribution in [3.8, 4) is 0 Å². The highest BCUT2D eigenvalue weighted by molar-refractivity contribution is 7.91. The molecule has 192 valence electrons. The Kier molecular flexibility index (Phi) is 8.65. The summed E-state index contributed by atoms with van der Waals surface area (Å²) in [6.45, 7) is 6.92. The molecular formula is C26H32N4O5S. The molecule has 2 aromatic carbocycles. The van der Waals surface area contributed by atoms with Crippen LogP contribution in [0.1, 0.15) is 27.8 Å². The number of carbonyl (C=O) groups is 2. The second kappa shape index (κ2) is 11.5. The summed E-state index contributed by atoms with van der Waals surface area (Å²) in [6, 6.07) is 11.0. The van der Waals surface area contributed by atoms with E-state index < -0.39 is 15.9 Å². The number of aliphatic imine (C=N–C) groups is 1. The lowest BCUT2D eigenvalue weighted by Crippen LogP contribution is -2.33. The predicted molar refractivity (Wildman–Crippen MR) is 139 cm³/mol. The first-order valence-corrected chi connectivity index (χ1v) is 13.2. The Labute approximate surface area is 212 Å². The Morgan fingerprint density at radius 3 is 2.39 bits per heavy atom. The van der Waals surface area contributed by atoms with Crippen LogP contribution in [0, 0.1) is 20.8 Å². The lowest BCUT2D eigenvalue weighted by atomic mass is 10.1. The third-order valence-corrected chi connectivity index (χ3v) is 7.66. The molecule has 3 rings (SSSR count).